The number of hydrogen-bond acceptors (Lipinski definition) is 2. The Hall–Kier alpha value is -2.13. The smallest absolute Gasteiger partial charge is 0.269 e. The van der Waals surface area contributed by atoms with Crippen LogP contribution >= 0.6 is 11.6 Å². The van der Waals surface area contributed by atoms with E-state index < -0.39 is 0 Å². The molecule has 3 rings (SSSR count). The summed E-state index contributed by atoms with van der Waals surface area (Å²) in [7, 11) is 1.74. The van der Waals surface area contributed by atoms with Crippen LogP contribution in [0.5, 0.6) is 0 Å². The normalized spacial score (nSPS) is 10.9. The average molecular weight is 285 g/mol. The summed E-state index contributed by atoms with van der Waals surface area (Å²) in [6, 6.07) is 11.8. The van der Waals surface area contributed by atoms with Gasteiger partial charge < -0.3 is 4.57 Å². The van der Waals surface area contributed by atoms with E-state index in [1.807, 2.05) is 43.3 Å². The molecule has 0 N–H and O–H groups in total. The molecule has 1 aromatic heterocycles. The van der Waals surface area contributed by atoms with E-state index >= 15 is 0 Å². The van der Waals surface area contributed by atoms with E-state index in [1.54, 1.807) is 11.6 Å². The van der Waals surface area contributed by atoms with Crippen molar-refractivity contribution in [3.63, 3.8) is 0 Å². The van der Waals surface area contributed by atoms with Gasteiger partial charge in [-0.15, -0.1) is 0 Å². The molecule has 0 unspecified atom stereocenters. The average Bonchev–Trinajstić information content (AvgIpc) is 2.46. The van der Waals surface area contributed by atoms with Crippen LogP contribution in [-0.4, -0.2) is 9.55 Å². The van der Waals surface area contributed by atoms with Crippen LogP contribution in [0.1, 0.15) is 5.56 Å². The van der Waals surface area contributed by atoms with Crippen molar-refractivity contribution in [1.82, 2.24) is 9.55 Å². The van der Waals surface area contributed by atoms with E-state index in [1.165, 1.54) is 6.20 Å². The van der Waals surface area contributed by atoms with E-state index in [2.05, 4.69) is 4.98 Å². The maximum atomic E-state index is 11.6. The van der Waals surface area contributed by atoms with Crippen LogP contribution in [0, 0.1) is 6.92 Å². The summed E-state index contributed by atoms with van der Waals surface area (Å²) < 4.78 is 1.59. The first-order chi connectivity index (χ1) is 9.58. The second kappa shape index (κ2) is 4.76. The molecule has 0 saturated carbocycles. The number of benzene rings is 2. The van der Waals surface area contributed by atoms with Crippen molar-refractivity contribution in [3.05, 3.63) is 63.5 Å². The van der Waals surface area contributed by atoms with E-state index in [0.717, 1.165) is 32.7 Å². The predicted molar refractivity (Wildman–Crippen MR) is 82.2 cm³/mol. The van der Waals surface area contributed by atoms with Crippen LogP contribution in [0.2, 0.25) is 5.02 Å². The summed E-state index contributed by atoms with van der Waals surface area (Å²) in [4.78, 5) is 15.8. The fourth-order valence-electron chi connectivity index (χ4n) is 2.28. The summed E-state index contributed by atoms with van der Waals surface area (Å²) in [5.41, 5.74) is 4.49. The molecule has 3 nitrogen and oxygen atoms in total. The van der Waals surface area contributed by atoms with Gasteiger partial charge in [-0.3, -0.25) is 4.79 Å². The maximum absolute atomic E-state index is 11.6. The van der Waals surface area contributed by atoms with Crippen molar-refractivity contribution in [1.29, 1.82) is 0 Å². The van der Waals surface area contributed by atoms with Crippen LogP contribution in [-0.2, 0) is 7.05 Å². The molecule has 2 aromatic carbocycles. The first-order valence-corrected chi connectivity index (χ1v) is 6.67. The van der Waals surface area contributed by atoms with Crippen molar-refractivity contribution in [2.75, 3.05) is 0 Å². The molecule has 0 fully saturated rings. The van der Waals surface area contributed by atoms with E-state index in [4.69, 9.17) is 11.6 Å². The molecule has 0 aliphatic heterocycles. The Balaban J connectivity index is 2.26. The molecule has 0 bridgehead atoms. The molecule has 1 heterocycles. The zero-order chi connectivity index (χ0) is 14.3. The lowest BCUT2D eigenvalue weighted by Crippen LogP contribution is -2.16. The zero-order valence-electron chi connectivity index (χ0n) is 11.2. The molecule has 100 valence electrons. The molecule has 4 heteroatoms. The number of aromatic nitrogens is 2. The van der Waals surface area contributed by atoms with Gasteiger partial charge in [0.1, 0.15) is 0 Å². The van der Waals surface area contributed by atoms with Crippen LogP contribution in [0.15, 0.2) is 47.4 Å². The molecule has 20 heavy (non-hydrogen) atoms. The lowest BCUT2D eigenvalue weighted by Gasteiger charge is -2.09. The fraction of sp³-hybridized carbons (Fsp3) is 0.125. The minimum atomic E-state index is -0.112. The highest BCUT2D eigenvalue weighted by atomic mass is 35.5. The maximum Gasteiger partial charge on any atom is 0.269 e. The molecule has 0 saturated heterocycles. The molecule has 0 spiro atoms. The monoisotopic (exact) mass is 284 g/mol. The largest absolute Gasteiger partial charge is 0.309 e. The SMILES string of the molecule is Cc1cccc(-c2ccc3c(c2)ncc(=O)n3C)c1Cl. The third-order valence-electron chi connectivity index (χ3n) is 3.48. The van der Waals surface area contributed by atoms with Crippen molar-refractivity contribution < 1.29 is 0 Å². The van der Waals surface area contributed by atoms with Gasteiger partial charge in [0.15, 0.2) is 0 Å². The highest BCUT2D eigenvalue weighted by Crippen LogP contribution is 2.31. The highest BCUT2D eigenvalue weighted by Gasteiger charge is 2.08. The second-order valence-corrected chi connectivity index (χ2v) is 5.17. The topological polar surface area (TPSA) is 34.9 Å². The Bertz CT molecular complexity index is 868. The van der Waals surface area contributed by atoms with Gasteiger partial charge in [-0.2, -0.15) is 0 Å². The quantitative estimate of drug-likeness (QED) is 0.685. The molecule has 0 amide bonds. The molecule has 0 atom stereocenters. The first-order valence-electron chi connectivity index (χ1n) is 6.29. The minimum Gasteiger partial charge on any atom is -0.309 e. The van der Waals surface area contributed by atoms with Gasteiger partial charge in [0.25, 0.3) is 5.56 Å². The van der Waals surface area contributed by atoms with Crippen LogP contribution < -0.4 is 5.56 Å². The highest BCUT2D eigenvalue weighted by molar-refractivity contribution is 6.34. The lowest BCUT2D eigenvalue weighted by molar-refractivity contribution is 0.892. The van der Waals surface area contributed by atoms with Gasteiger partial charge in [0.05, 0.1) is 22.3 Å². The summed E-state index contributed by atoms with van der Waals surface area (Å²) in [6.45, 7) is 1.98. The van der Waals surface area contributed by atoms with E-state index in [0.29, 0.717) is 0 Å². The molecule has 0 radical (unpaired) electrons. The zero-order valence-corrected chi connectivity index (χ0v) is 12.0. The Kier molecular flexibility index (Phi) is 3.07. The van der Waals surface area contributed by atoms with Gasteiger partial charge in [-0.1, -0.05) is 35.9 Å². The van der Waals surface area contributed by atoms with Crippen LogP contribution in [0.25, 0.3) is 22.2 Å². The molecule has 0 aliphatic carbocycles. The summed E-state index contributed by atoms with van der Waals surface area (Å²) in [5, 5.41) is 0.747. The number of rotatable bonds is 1. The first kappa shape index (κ1) is 12.9. The van der Waals surface area contributed by atoms with Crippen molar-refractivity contribution in [2.24, 2.45) is 7.05 Å². The second-order valence-electron chi connectivity index (χ2n) is 4.80. The molecular formula is C16H13ClN2O. The third kappa shape index (κ3) is 2.00. The molecule has 3 aromatic rings. The van der Waals surface area contributed by atoms with Crippen molar-refractivity contribution in [3.8, 4) is 11.1 Å². The number of hydrogen-bond donors (Lipinski definition) is 0. The van der Waals surface area contributed by atoms with Gasteiger partial charge >= 0.3 is 0 Å². The van der Waals surface area contributed by atoms with Gasteiger partial charge in [-0.05, 0) is 30.2 Å². The number of fused-ring (bicyclic) bond motifs is 1. The van der Waals surface area contributed by atoms with Gasteiger partial charge in [0, 0.05) is 12.6 Å². The Morgan fingerprint density at radius 3 is 2.80 bits per heavy atom. The number of nitrogens with zero attached hydrogens (tertiary/aromatic N) is 2. The van der Waals surface area contributed by atoms with E-state index in [-0.39, 0.29) is 5.56 Å². The lowest BCUT2D eigenvalue weighted by atomic mass is 10.0. The van der Waals surface area contributed by atoms with Gasteiger partial charge in [0.2, 0.25) is 0 Å². The Labute approximate surface area is 121 Å². The minimum absolute atomic E-state index is 0.112. The van der Waals surface area contributed by atoms with Crippen LogP contribution in [0.3, 0.4) is 0 Å². The van der Waals surface area contributed by atoms with E-state index in [9.17, 15) is 4.79 Å². The van der Waals surface area contributed by atoms with Crippen molar-refractivity contribution >= 4 is 22.6 Å². The Morgan fingerprint density at radius 2 is 2.00 bits per heavy atom. The standard InChI is InChI=1S/C16H13ClN2O/c1-10-4-3-5-12(16(10)17)11-6-7-14-13(8-11)18-9-15(20)19(14)2/h3-9H,1-2H3. The summed E-state index contributed by atoms with van der Waals surface area (Å²) in [6.07, 6.45) is 1.34. The number of aryl methyl sites for hydroxylation is 2. The molecule has 0 aliphatic rings. The fourth-order valence-corrected chi connectivity index (χ4v) is 2.51. The van der Waals surface area contributed by atoms with Crippen LogP contribution in [0.4, 0.5) is 0 Å². The van der Waals surface area contributed by atoms with Gasteiger partial charge in [-0.25, -0.2) is 4.98 Å². The van der Waals surface area contributed by atoms with Crippen molar-refractivity contribution in [2.45, 2.75) is 6.92 Å². The summed E-state index contributed by atoms with van der Waals surface area (Å²) in [5.74, 6) is 0. The summed E-state index contributed by atoms with van der Waals surface area (Å²) >= 11 is 6.36. The predicted octanol–water partition coefficient (Wildman–Crippen LogP) is 3.56. The number of halogens is 1. The third-order valence-corrected chi connectivity index (χ3v) is 3.99. The Morgan fingerprint density at radius 1 is 1.20 bits per heavy atom. The molecular weight excluding hydrogens is 272 g/mol.